The lowest BCUT2D eigenvalue weighted by Gasteiger charge is -2.32. The molecule has 0 N–H and O–H groups in total. The predicted octanol–water partition coefficient (Wildman–Crippen LogP) is 2.36. The number of carbonyl (C=O) groups is 1. The van der Waals surface area contributed by atoms with Crippen molar-refractivity contribution in [1.29, 1.82) is 0 Å². The van der Waals surface area contributed by atoms with E-state index in [0.717, 1.165) is 19.4 Å². The Morgan fingerprint density at radius 3 is 2.44 bits per heavy atom. The summed E-state index contributed by atoms with van der Waals surface area (Å²) in [5.41, 5.74) is 0. The van der Waals surface area contributed by atoms with Gasteiger partial charge in [-0.15, -0.1) is 0 Å². The lowest BCUT2D eigenvalue weighted by molar-refractivity contribution is -0.135. The second-order valence-electron chi connectivity index (χ2n) is 6.81. The number of piperidine rings is 1. The monoisotopic (exact) mass is 398 g/mol. The van der Waals surface area contributed by atoms with Crippen LogP contribution in [-0.4, -0.2) is 64.4 Å². The van der Waals surface area contributed by atoms with E-state index in [1.807, 2.05) is 7.05 Å². The Hall–Kier alpha value is -1.80. The number of carbonyl (C=O) groups excluding carboxylic acids is 1. The number of methoxy groups -OCH3 is 2. The maximum Gasteiger partial charge on any atom is 0.246 e. The highest BCUT2D eigenvalue weighted by Crippen LogP contribution is 2.32. The summed E-state index contributed by atoms with van der Waals surface area (Å²) < 4.78 is 37.9. The van der Waals surface area contributed by atoms with E-state index in [1.165, 1.54) is 24.6 Å². The van der Waals surface area contributed by atoms with Crippen LogP contribution in [0.25, 0.3) is 0 Å². The molecular weight excluding hydrogens is 368 g/mol. The Kier molecular flexibility index (Phi) is 7.49. The number of hydrogen-bond donors (Lipinski definition) is 0. The van der Waals surface area contributed by atoms with Crippen molar-refractivity contribution in [2.75, 3.05) is 40.9 Å². The SMILES string of the molecule is CCCCN(C)C(=O)C1CCN(S(=O)(=O)c2ccc(OC)cc2OC)CC1. The highest BCUT2D eigenvalue weighted by Gasteiger charge is 2.34. The molecule has 1 amide bonds. The summed E-state index contributed by atoms with van der Waals surface area (Å²) in [5.74, 6) is 0.788. The molecule has 1 fully saturated rings. The fraction of sp³-hybridized carbons (Fsp3) is 0.632. The van der Waals surface area contributed by atoms with Gasteiger partial charge in [-0.3, -0.25) is 4.79 Å². The summed E-state index contributed by atoms with van der Waals surface area (Å²) in [6.07, 6.45) is 3.09. The Morgan fingerprint density at radius 2 is 1.89 bits per heavy atom. The van der Waals surface area contributed by atoms with Gasteiger partial charge in [-0.1, -0.05) is 13.3 Å². The molecule has 0 spiro atoms. The first-order valence-electron chi connectivity index (χ1n) is 9.32. The van der Waals surface area contributed by atoms with E-state index in [0.29, 0.717) is 31.7 Å². The van der Waals surface area contributed by atoms with Gasteiger partial charge >= 0.3 is 0 Å². The van der Waals surface area contributed by atoms with E-state index in [-0.39, 0.29) is 22.5 Å². The smallest absolute Gasteiger partial charge is 0.246 e. The number of amides is 1. The largest absolute Gasteiger partial charge is 0.497 e. The van der Waals surface area contributed by atoms with Crippen LogP contribution < -0.4 is 9.47 Å². The van der Waals surface area contributed by atoms with E-state index in [2.05, 4.69) is 6.92 Å². The van der Waals surface area contributed by atoms with E-state index in [4.69, 9.17) is 9.47 Å². The van der Waals surface area contributed by atoms with Crippen molar-refractivity contribution in [3.63, 3.8) is 0 Å². The van der Waals surface area contributed by atoms with Gasteiger partial charge in [0.25, 0.3) is 0 Å². The summed E-state index contributed by atoms with van der Waals surface area (Å²) in [4.78, 5) is 14.4. The molecule has 0 atom stereocenters. The maximum absolute atomic E-state index is 13.0. The summed E-state index contributed by atoms with van der Waals surface area (Å²) in [6.45, 7) is 3.50. The lowest BCUT2D eigenvalue weighted by Crippen LogP contribution is -2.43. The second kappa shape index (κ2) is 9.41. The Bertz CT molecular complexity index is 742. The fourth-order valence-corrected chi connectivity index (χ4v) is 4.89. The molecule has 8 heteroatoms. The maximum atomic E-state index is 13.0. The Morgan fingerprint density at radius 1 is 1.22 bits per heavy atom. The minimum absolute atomic E-state index is 0.113. The third kappa shape index (κ3) is 4.93. The molecule has 1 aromatic carbocycles. The van der Waals surface area contributed by atoms with Gasteiger partial charge < -0.3 is 14.4 Å². The summed E-state index contributed by atoms with van der Waals surface area (Å²) in [6, 6.07) is 4.67. The van der Waals surface area contributed by atoms with Crippen molar-refractivity contribution in [3.8, 4) is 11.5 Å². The van der Waals surface area contributed by atoms with Gasteiger partial charge in [0.1, 0.15) is 16.4 Å². The molecule has 1 aliphatic heterocycles. The van der Waals surface area contributed by atoms with Crippen LogP contribution in [0.2, 0.25) is 0 Å². The molecule has 1 aliphatic rings. The molecular formula is C19H30N2O5S. The van der Waals surface area contributed by atoms with E-state index < -0.39 is 10.0 Å². The van der Waals surface area contributed by atoms with Crippen LogP contribution in [0.3, 0.4) is 0 Å². The van der Waals surface area contributed by atoms with Crippen LogP contribution in [0, 0.1) is 5.92 Å². The minimum Gasteiger partial charge on any atom is -0.497 e. The minimum atomic E-state index is -3.69. The Labute approximate surface area is 162 Å². The average molecular weight is 399 g/mol. The third-order valence-corrected chi connectivity index (χ3v) is 6.95. The standard InChI is InChI=1S/C19H30N2O5S/c1-5-6-11-20(2)19(22)15-9-12-21(13-10-15)27(23,24)18-8-7-16(25-3)14-17(18)26-4/h7-8,14-15H,5-6,9-13H2,1-4H3. The molecule has 0 unspecified atom stereocenters. The van der Waals surface area contributed by atoms with Crippen molar-refractivity contribution in [3.05, 3.63) is 18.2 Å². The molecule has 152 valence electrons. The van der Waals surface area contributed by atoms with E-state index in [9.17, 15) is 13.2 Å². The second-order valence-corrected chi connectivity index (χ2v) is 8.71. The zero-order valence-electron chi connectivity index (χ0n) is 16.6. The predicted molar refractivity (Wildman–Crippen MR) is 104 cm³/mol. The zero-order valence-corrected chi connectivity index (χ0v) is 17.4. The average Bonchev–Trinajstić information content (AvgIpc) is 2.70. The molecule has 0 radical (unpaired) electrons. The summed E-state index contributed by atoms with van der Waals surface area (Å²) in [7, 11) is 1.09. The molecule has 0 aliphatic carbocycles. The molecule has 27 heavy (non-hydrogen) atoms. The van der Waals surface area contributed by atoms with Crippen LogP contribution >= 0.6 is 0 Å². The zero-order chi connectivity index (χ0) is 20.0. The topological polar surface area (TPSA) is 76.2 Å². The first-order valence-corrected chi connectivity index (χ1v) is 10.8. The van der Waals surface area contributed by atoms with E-state index >= 15 is 0 Å². The van der Waals surface area contributed by atoms with Crippen molar-refractivity contribution < 1.29 is 22.7 Å². The quantitative estimate of drug-likeness (QED) is 0.672. The number of sulfonamides is 1. The molecule has 7 nitrogen and oxygen atoms in total. The molecule has 0 aromatic heterocycles. The van der Waals surface area contributed by atoms with Crippen LogP contribution in [0.1, 0.15) is 32.6 Å². The summed E-state index contributed by atoms with van der Waals surface area (Å²) in [5, 5.41) is 0. The van der Waals surface area contributed by atoms with Crippen molar-refractivity contribution in [1.82, 2.24) is 9.21 Å². The number of ether oxygens (including phenoxy) is 2. The number of hydrogen-bond acceptors (Lipinski definition) is 5. The Balaban J connectivity index is 2.07. The fourth-order valence-electron chi connectivity index (χ4n) is 3.29. The molecule has 1 saturated heterocycles. The number of benzene rings is 1. The van der Waals surface area contributed by atoms with Gasteiger partial charge in [-0.2, -0.15) is 4.31 Å². The first-order chi connectivity index (χ1) is 12.8. The molecule has 0 bridgehead atoms. The number of nitrogens with zero attached hydrogens (tertiary/aromatic N) is 2. The van der Waals surface area contributed by atoms with Gasteiger partial charge in [-0.05, 0) is 31.4 Å². The highest BCUT2D eigenvalue weighted by atomic mass is 32.2. The molecule has 1 heterocycles. The first kappa shape index (κ1) is 21.5. The lowest BCUT2D eigenvalue weighted by atomic mass is 9.96. The third-order valence-electron chi connectivity index (χ3n) is 5.02. The van der Waals surface area contributed by atoms with Crippen molar-refractivity contribution in [2.45, 2.75) is 37.5 Å². The summed E-state index contributed by atoms with van der Waals surface area (Å²) >= 11 is 0. The van der Waals surface area contributed by atoms with Gasteiger partial charge in [0.05, 0.1) is 14.2 Å². The van der Waals surface area contributed by atoms with Gasteiger partial charge in [0.15, 0.2) is 0 Å². The van der Waals surface area contributed by atoms with E-state index in [1.54, 1.807) is 17.0 Å². The van der Waals surface area contributed by atoms with Crippen LogP contribution in [0.15, 0.2) is 23.1 Å². The molecule has 1 aromatic rings. The molecule has 0 saturated carbocycles. The van der Waals surface area contributed by atoms with Crippen LogP contribution in [0.5, 0.6) is 11.5 Å². The molecule has 2 rings (SSSR count). The van der Waals surface area contributed by atoms with Crippen LogP contribution in [0.4, 0.5) is 0 Å². The van der Waals surface area contributed by atoms with Gasteiger partial charge in [-0.25, -0.2) is 8.42 Å². The number of rotatable bonds is 8. The van der Waals surface area contributed by atoms with Gasteiger partial charge in [0.2, 0.25) is 15.9 Å². The van der Waals surface area contributed by atoms with Crippen molar-refractivity contribution in [2.24, 2.45) is 5.92 Å². The number of unbranched alkanes of at least 4 members (excludes halogenated alkanes) is 1. The van der Waals surface area contributed by atoms with Gasteiger partial charge in [0, 0.05) is 38.7 Å². The highest BCUT2D eigenvalue weighted by molar-refractivity contribution is 7.89. The van der Waals surface area contributed by atoms with Crippen LogP contribution in [-0.2, 0) is 14.8 Å². The van der Waals surface area contributed by atoms with Crippen molar-refractivity contribution >= 4 is 15.9 Å². The normalized spacial score (nSPS) is 16.1.